The Balaban J connectivity index is 2.02. The highest BCUT2D eigenvalue weighted by atomic mass is 16.6. The van der Waals surface area contributed by atoms with Gasteiger partial charge >= 0.3 is 6.09 Å². The topological polar surface area (TPSA) is 57.4 Å². The molecule has 2 aromatic rings. The average Bonchev–Trinajstić information content (AvgIpc) is 3.17. The van der Waals surface area contributed by atoms with Gasteiger partial charge in [0.1, 0.15) is 6.61 Å². The van der Waals surface area contributed by atoms with Gasteiger partial charge in [-0.05, 0) is 50.0 Å². The molecular formula is C16H21N3O2. The fraction of sp³-hybridized carbons (Fsp3) is 0.438. The summed E-state index contributed by atoms with van der Waals surface area (Å²) in [6.45, 7) is -3.33. The van der Waals surface area contributed by atoms with Crippen LogP contribution in [0.25, 0.3) is 10.9 Å². The number of cyclic esters (lactones) is 1. The lowest BCUT2D eigenvalue weighted by molar-refractivity contribution is 0.177. The molecule has 1 saturated heterocycles. The van der Waals surface area contributed by atoms with E-state index in [1.165, 1.54) is 25.4 Å². The number of carbonyl (C=O) groups excluding carboxylic acids is 1. The number of hydrogen-bond acceptors (Lipinski definition) is 3. The number of ether oxygens (including phenoxy) is 1. The summed E-state index contributed by atoms with van der Waals surface area (Å²) < 4.78 is 68.8. The van der Waals surface area contributed by atoms with Gasteiger partial charge in [-0.3, -0.25) is 0 Å². The molecule has 2 N–H and O–H groups in total. The van der Waals surface area contributed by atoms with Crippen LogP contribution in [0.2, 0.25) is 0 Å². The zero-order chi connectivity index (χ0) is 21.8. The van der Waals surface area contributed by atoms with E-state index in [1.54, 1.807) is 6.07 Å². The fourth-order valence-corrected chi connectivity index (χ4v) is 2.12. The molecule has 0 unspecified atom stereocenters. The number of rotatable bonds is 5. The Morgan fingerprint density at radius 2 is 2.52 bits per heavy atom. The largest absolute Gasteiger partial charge is 0.447 e. The first-order valence-corrected chi connectivity index (χ1v) is 6.46. The highest BCUT2D eigenvalue weighted by molar-refractivity contribution is 5.84. The van der Waals surface area contributed by atoms with Gasteiger partial charge in [-0.15, -0.1) is 0 Å². The molecule has 112 valence electrons. The van der Waals surface area contributed by atoms with Crippen molar-refractivity contribution in [2.45, 2.75) is 18.8 Å². The monoisotopic (exact) mass is 295 g/mol. The molecule has 21 heavy (non-hydrogen) atoms. The molecule has 1 aliphatic heterocycles. The number of amides is 1. The molecule has 0 saturated carbocycles. The number of likely N-dealkylation sites (N-methyl/N-ethyl adjacent to an activating group) is 1. The van der Waals surface area contributed by atoms with Crippen molar-refractivity contribution in [2.75, 3.05) is 27.2 Å². The molecule has 5 nitrogen and oxygen atoms in total. The number of benzene rings is 1. The Bertz CT molecular complexity index is 942. The SMILES string of the molecule is [2H]C([2H])(CN(C)C([2H])([2H])[2H])c1c[nH]c2ccc(C([2H])([2H])[C@@]3([2H])COC(=O)N3)cc12. The van der Waals surface area contributed by atoms with E-state index >= 15 is 0 Å². The molecule has 0 aliphatic carbocycles. The Hall–Kier alpha value is -2.01. The third kappa shape index (κ3) is 3.19. The Labute approximate surface area is 135 Å². The van der Waals surface area contributed by atoms with E-state index < -0.39 is 45.0 Å². The Morgan fingerprint density at radius 1 is 1.62 bits per heavy atom. The third-order valence-corrected chi connectivity index (χ3v) is 3.08. The molecule has 1 amide bonds. The number of alkyl carbamates (subject to hydrolysis) is 1. The molecule has 0 bridgehead atoms. The molecule has 0 radical (unpaired) electrons. The minimum atomic E-state index is -2.46. The van der Waals surface area contributed by atoms with Gasteiger partial charge in [0, 0.05) is 33.2 Å². The normalized spacial score (nSPS) is 29.3. The van der Waals surface area contributed by atoms with Gasteiger partial charge in [-0.2, -0.15) is 0 Å². The van der Waals surface area contributed by atoms with Gasteiger partial charge in [-0.1, -0.05) is 6.07 Å². The van der Waals surface area contributed by atoms with Crippen LogP contribution in [0.5, 0.6) is 0 Å². The summed E-state index contributed by atoms with van der Waals surface area (Å²) >= 11 is 0. The molecule has 1 aliphatic rings. The maximum Gasteiger partial charge on any atom is 0.407 e. The average molecular weight is 295 g/mol. The number of aromatic nitrogens is 1. The number of aromatic amines is 1. The summed E-state index contributed by atoms with van der Waals surface area (Å²) in [4.78, 5) is 15.2. The Kier molecular flexibility index (Phi) is 2.01. The minimum absolute atomic E-state index is 0.0617. The van der Waals surface area contributed by atoms with Gasteiger partial charge in [-0.25, -0.2) is 4.79 Å². The molecule has 1 fully saturated rings. The standard InChI is InChI=1S/C16H21N3O2/c1-19(2)6-5-12-9-17-15-4-3-11(8-14(12)15)7-13-10-21-16(20)18-13/h3-4,8-9,13,17H,5-7,10H2,1-2H3,(H,18,20)/t13-/m0/s1/i1D3,5D2,7D2,13D. The molecule has 1 aromatic carbocycles. The predicted octanol–water partition coefficient (Wildman–Crippen LogP) is 1.92. The molecule has 5 heteroatoms. The van der Waals surface area contributed by atoms with Crippen molar-refractivity contribution < 1.29 is 20.5 Å². The van der Waals surface area contributed by atoms with E-state index in [2.05, 4.69) is 10.3 Å². The van der Waals surface area contributed by atoms with Crippen LogP contribution in [0, 0.1) is 0 Å². The van der Waals surface area contributed by atoms with Crippen molar-refractivity contribution in [1.82, 2.24) is 15.2 Å². The lowest BCUT2D eigenvalue weighted by atomic mass is 10.0. The number of carbonyl (C=O) groups is 1. The minimum Gasteiger partial charge on any atom is -0.447 e. The first-order valence-electron chi connectivity index (χ1n) is 10.5. The maximum absolute atomic E-state index is 11.4. The highest BCUT2D eigenvalue weighted by Crippen LogP contribution is 2.21. The molecule has 2 heterocycles. The second-order valence-corrected chi connectivity index (χ2v) is 4.80. The van der Waals surface area contributed by atoms with Crippen LogP contribution >= 0.6 is 0 Å². The maximum atomic E-state index is 11.4. The van der Waals surface area contributed by atoms with Crippen LogP contribution in [0.1, 0.15) is 22.1 Å². The van der Waals surface area contributed by atoms with Crippen molar-refractivity contribution in [3.63, 3.8) is 0 Å². The predicted molar refractivity (Wildman–Crippen MR) is 82.5 cm³/mol. The smallest absolute Gasteiger partial charge is 0.407 e. The van der Waals surface area contributed by atoms with E-state index in [1.807, 2.05) is 0 Å². The van der Waals surface area contributed by atoms with Crippen LogP contribution in [-0.2, 0) is 17.5 Å². The second-order valence-electron chi connectivity index (χ2n) is 4.80. The van der Waals surface area contributed by atoms with Gasteiger partial charge < -0.3 is 19.9 Å². The summed E-state index contributed by atoms with van der Waals surface area (Å²) in [5.41, 5.74) is 0.768. The summed E-state index contributed by atoms with van der Waals surface area (Å²) in [5, 5.41) is 2.54. The molecule has 0 spiro atoms. The lowest BCUT2D eigenvalue weighted by Crippen LogP contribution is -2.28. The molecule has 1 aromatic heterocycles. The molecular weight excluding hydrogens is 266 g/mol. The van der Waals surface area contributed by atoms with Gasteiger partial charge in [0.25, 0.3) is 0 Å². The van der Waals surface area contributed by atoms with E-state index in [0.29, 0.717) is 10.9 Å². The van der Waals surface area contributed by atoms with Crippen LogP contribution in [0.3, 0.4) is 0 Å². The second kappa shape index (κ2) is 5.77. The van der Waals surface area contributed by atoms with Crippen molar-refractivity contribution >= 4 is 17.0 Å². The summed E-state index contributed by atoms with van der Waals surface area (Å²) in [6.07, 6.45) is -3.83. The van der Waals surface area contributed by atoms with Crippen LogP contribution in [0.4, 0.5) is 4.79 Å². The zero-order valence-electron chi connectivity index (χ0n) is 19.5. The van der Waals surface area contributed by atoms with Crippen molar-refractivity contribution in [3.8, 4) is 0 Å². The van der Waals surface area contributed by atoms with E-state index in [0.717, 1.165) is 4.90 Å². The van der Waals surface area contributed by atoms with Gasteiger partial charge in [0.05, 0.1) is 7.39 Å². The number of nitrogens with zero attached hydrogens (tertiary/aromatic N) is 1. The number of fused-ring (bicyclic) bond motifs is 1. The van der Waals surface area contributed by atoms with Crippen LogP contribution in [-0.4, -0.2) is 49.2 Å². The molecule has 3 rings (SSSR count). The third-order valence-electron chi connectivity index (χ3n) is 3.08. The van der Waals surface area contributed by atoms with E-state index in [-0.39, 0.29) is 11.1 Å². The van der Waals surface area contributed by atoms with Crippen molar-refractivity contribution in [1.29, 1.82) is 0 Å². The van der Waals surface area contributed by atoms with Gasteiger partial charge in [0.2, 0.25) is 0 Å². The fourth-order valence-electron chi connectivity index (χ4n) is 2.12. The van der Waals surface area contributed by atoms with Crippen molar-refractivity contribution in [2.24, 2.45) is 0 Å². The molecule has 1 atom stereocenters. The first kappa shape index (κ1) is 7.31. The first-order chi connectivity index (χ1) is 13.2. The van der Waals surface area contributed by atoms with Gasteiger partial charge in [0.15, 0.2) is 0 Å². The quantitative estimate of drug-likeness (QED) is 0.886. The summed E-state index contributed by atoms with van der Waals surface area (Å²) in [6, 6.07) is 2.38. The number of nitrogens with one attached hydrogen (secondary N) is 2. The number of hydrogen-bond donors (Lipinski definition) is 2. The summed E-state index contributed by atoms with van der Waals surface area (Å²) in [5.74, 6) is 0. The van der Waals surface area contributed by atoms with E-state index in [4.69, 9.17) is 15.7 Å². The van der Waals surface area contributed by atoms with Crippen molar-refractivity contribution in [3.05, 3.63) is 35.5 Å². The van der Waals surface area contributed by atoms with Crippen LogP contribution in [0.15, 0.2) is 24.4 Å². The van der Waals surface area contributed by atoms with Crippen LogP contribution < -0.4 is 5.32 Å². The lowest BCUT2D eigenvalue weighted by Gasteiger charge is -2.09. The Morgan fingerprint density at radius 3 is 3.29 bits per heavy atom. The zero-order valence-corrected chi connectivity index (χ0v) is 11.5. The number of H-pyrrole nitrogens is 1. The highest BCUT2D eigenvalue weighted by Gasteiger charge is 2.22. The summed E-state index contributed by atoms with van der Waals surface area (Å²) in [7, 11) is 1.30. The van der Waals surface area contributed by atoms with E-state index in [9.17, 15) is 4.79 Å².